The number of hydrogen-bond acceptors (Lipinski definition) is 4. The minimum absolute atomic E-state index is 0.109. The van der Waals surface area contributed by atoms with Gasteiger partial charge in [-0.15, -0.1) is 0 Å². The zero-order chi connectivity index (χ0) is 13.9. The van der Waals surface area contributed by atoms with E-state index in [1.165, 1.54) is 6.20 Å². The second-order valence-electron chi connectivity index (χ2n) is 5.30. The van der Waals surface area contributed by atoms with Gasteiger partial charge in [0.05, 0.1) is 5.56 Å². The number of amides is 1. The predicted molar refractivity (Wildman–Crippen MR) is 73.5 cm³/mol. The molecule has 0 aliphatic rings. The molecule has 1 aromatic rings. The Hall–Kier alpha value is -1.62. The lowest BCUT2D eigenvalue weighted by Gasteiger charge is -2.32. The molecule has 0 unspecified atom stereocenters. The smallest absolute Gasteiger partial charge is 0.255 e. The van der Waals surface area contributed by atoms with Gasteiger partial charge in [0.1, 0.15) is 0 Å². The molecule has 0 saturated heterocycles. The Labute approximate surface area is 108 Å². The van der Waals surface area contributed by atoms with Crippen LogP contribution in [0.15, 0.2) is 12.3 Å². The molecule has 5 nitrogen and oxygen atoms in total. The highest BCUT2D eigenvalue weighted by Gasteiger charge is 2.22. The molecule has 0 fully saturated rings. The third kappa shape index (κ3) is 3.43. The molecule has 100 valence electrons. The zero-order valence-corrected chi connectivity index (χ0v) is 11.7. The highest BCUT2D eigenvalue weighted by molar-refractivity contribution is 5.98. The van der Waals surface area contributed by atoms with Crippen LogP contribution >= 0.6 is 0 Å². The fourth-order valence-corrected chi connectivity index (χ4v) is 1.32. The molecule has 0 aromatic carbocycles. The highest BCUT2D eigenvalue weighted by atomic mass is 16.1. The van der Waals surface area contributed by atoms with Gasteiger partial charge in [-0.1, -0.05) is 0 Å². The first kappa shape index (κ1) is 14.4. The van der Waals surface area contributed by atoms with Gasteiger partial charge in [0.2, 0.25) is 0 Å². The van der Waals surface area contributed by atoms with Crippen LogP contribution in [0.5, 0.6) is 0 Å². The van der Waals surface area contributed by atoms with Crippen LogP contribution in [0.2, 0.25) is 0 Å². The molecule has 1 amide bonds. The second kappa shape index (κ2) is 5.35. The van der Waals surface area contributed by atoms with Crippen molar-refractivity contribution in [2.75, 3.05) is 26.4 Å². The van der Waals surface area contributed by atoms with Gasteiger partial charge < -0.3 is 16.0 Å². The Bertz CT molecular complexity index is 441. The molecule has 5 heteroatoms. The number of aryl methyl sites for hydroxylation is 1. The van der Waals surface area contributed by atoms with E-state index < -0.39 is 0 Å². The Kier molecular flexibility index (Phi) is 4.29. The quantitative estimate of drug-likeness (QED) is 0.837. The molecule has 1 aromatic heterocycles. The predicted octanol–water partition coefficient (Wildman–Crippen LogP) is 1.04. The van der Waals surface area contributed by atoms with Crippen LogP contribution in [-0.4, -0.2) is 42.0 Å². The fraction of sp³-hybridized carbons (Fsp3) is 0.538. The number of nitrogens with zero attached hydrogens (tertiary/aromatic N) is 2. The molecule has 0 aliphatic heterocycles. The van der Waals surface area contributed by atoms with Crippen molar-refractivity contribution in [2.45, 2.75) is 26.3 Å². The number of carbonyl (C=O) groups is 1. The van der Waals surface area contributed by atoms with E-state index in [1.807, 2.05) is 21.0 Å². The summed E-state index contributed by atoms with van der Waals surface area (Å²) < 4.78 is 0. The van der Waals surface area contributed by atoms with Crippen molar-refractivity contribution in [1.29, 1.82) is 0 Å². The average molecular weight is 250 g/mol. The van der Waals surface area contributed by atoms with Gasteiger partial charge in [-0.2, -0.15) is 0 Å². The maximum absolute atomic E-state index is 12.0. The molecule has 0 spiro atoms. The first-order valence-electron chi connectivity index (χ1n) is 5.92. The third-order valence-electron chi connectivity index (χ3n) is 3.21. The van der Waals surface area contributed by atoms with Crippen molar-refractivity contribution < 1.29 is 4.79 Å². The number of aromatic nitrogens is 1. The maximum Gasteiger partial charge on any atom is 0.255 e. The molecule has 1 heterocycles. The molecular weight excluding hydrogens is 228 g/mol. The van der Waals surface area contributed by atoms with Crippen LogP contribution in [0.1, 0.15) is 29.9 Å². The van der Waals surface area contributed by atoms with Gasteiger partial charge in [0.25, 0.3) is 5.91 Å². The summed E-state index contributed by atoms with van der Waals surface area (Å²) in [5.41, 5.74) is 7.39. The van der Waals surface area contributed by atoms with Crippen molar-refractivity contribution in [2.24, 2.45) is 0 Å². The lowest BCUT2D eigenvalue weighted by atomic mass is 10.0. The van der Waals surface area contributed by atoms with Crippen molar-refractivity contribution in [3.05, 3.63) is 23.5 Å². The van der Waals surface area contributed by atoms with Gasteiger partial charge in [0, 0.05) is 29.7 Å². The van der Waals surface area contributed by atoms with Crippen molar-refractivity contribution in [1.82, 2.24) is 15.2 Å². The Morgan fingerprint density at radius 2 is 2.11 bits per heavy atom. The summed E-state index contributed by atoms with van der Waals surface area (Å²) in [7, 11) is 3.96. The summed E-state index contributed by atoms with van der Waals surface area (Å²) in [6.45, 7) is 6.51. The molecule has 0 bridgehead atoms. The monoisotopic (exact) mass is 250 g/mol. The average Bonchev–Trinajstić information content (AvgIpc) is 2.25. The largest absolute Gasteiger partial charge is 0.398 e. The Morgan fingerprint density at radius 3 is 2.61 bits per heavy atom. The van der Waals surface area contributed by atoms with Crippen molar-refractivity contribution >= 4 is 11.6 Å². The molecule has 18 heavy (non-hydrogen) atoms. The van der Waals surface area contributed by atoms with Crippen LogP contribution < -0.4 is 11.1 Å². The van der Waals surface area contributed by atoms with Gasteiger partial charge in [0.15, 0.2) is 0 Å². The first-order chi connectivity index (χ1) is 8.24. The number of hydrogen-bond donors (Lipinski definition) is 2. The number of pyridine rings is 1. The minimum Gasteiger partial charge on any atom is -0.398 e. The van der Waals surface area contributed by atoms with E-state index in [0.29, 0.717) is 17.8 Å². The summed E-state index contributed by atoms with van der Waals surface area (Å²) in [4.78, 5) is 18.1. The van der Waals surface area contributed by atoms with E-state index >= 15 is 0 Å². The molecule has 0 radical (unpaired) electrons. The number of nitrogens with one attached hydrogen (secondary N) is 1. The topological polar surface area (TPSA) is 71.2 Å². The Balaban J connectivity index is 2.72. The molecular formula is C13H22N4O. The summed E-state index contributed by atoms with van der Waals surface area (Å²) in [5.74, 6) is -0.185. The third-order valence-corrected chi connectivity index (χ3v) is 3.21. The molecule has 0 atom stereocenters. The van der Waals surface area contributed by atoms with Crippen molar-refractivity contribution in [3.63, 3.8) is 0 Å². The summed E-state index contributed by atoms with van der Waals surface area (Å²) in [5, 5.41) is 2.88. The number of nitrogen functional groups attached to an aromatic ring is 1. The molecule has 1 rings (SSSR count). The van der Waals surface area contributed by atoms with Gasteiger partial charge in [-0.05, 0) is 40.9 Å². The lowest BCUT2D eigenvalue weighted by Crippen LogP contribution is -2.48. The van der Waals surface area contributed by atoms with Crippen LogP contribution in [0.4, 0.5) is 5.69 Å². The number of nitrogens with two attached hydrogens (primary N) is 1. The van der Waals surface area contributed by atoms with E-state index in [-0.39, 0.29) is 11.4 Å². The minimum atomic E-state index is -0.185. The van der Waals surface area contributed by atoms with E-state index in [0.717, 1.165) is 5.69 Å². The number of rotatable bonds is 4. The van der Waals surface area contributed by atoms with Gasteiger partial charge in [-0.3, -0.25) is 9.78 Å². The molecule has 0 saturated carbocycles. The van der Waals surface area contributed by atoms with E-state index in [9.17, 15) is 4.79 Å². The first-order valence-corrected chi connectivity index (χ1v) is 5.92. The lowest BCUT2D eigenvalue weighted by molar-refractivity contribution is 0.0920. The summed E-state index contributed by atoms with van der Waals surface area (Å²) in [6.07, 6.45) is 1.52. The molecule has 3 N–H and O–H groups in total. The van der Waals surface area contributed by atoms with Crippen LogP contribution in [-0.2, 0) is 0 Å². The van der Waals surface area contributed by atoms with Crippen LogP contribution in [0.3, 0.4) is 0 Å². The van der Waals surface area contributed by atoms with E-state index in [1.54, 1.807) is 6.07 Å². The van der Waals surface area contributed by atoms with E-state index in [2.05, 4.69) is 29.0 Å². The highest BCUT2D eigenvalue weighted by Crippen LogP contribution is 2.12. The summed E-state index contributed by atoms with van der Waals surface area (Å²) >= 11 is 0. The normalized spacial score (nSPS) is 11.7. The SMILES string of the molecule is Cc1cc(N)c(C(=O)NCC(C)(C)N(C)C)cn1. The zero-order valence-electron chi connectivity index (χ0n) is 11.7. The van der Waals surface area contributed by atoms with Crippen molar-refractivity contribution in [3.8, 4) is 0 Å². The number of anilines is 1. The standard InChI is InChI=1S/C13H22N4O/c1-9-6-11(14)10(7-15-9)12(18)16-8-13(2,3)17(4)5/h6-7H,8H2,1-5H3,(H2,14,15)(H,16,18). The number of carbonyl (C=O) groups excluding carboxylic acids is 1. The maximum atomic E-state index is 12.0. The van der Waals surface area contributed by atoms with Crippen LogP contribution in [0.25, 0.3) is 0 Å². The van der Waals surface area contributed by atoms with Crippen LogP contribution in [0, 0.1) is 6.92 Å². The number of likely N-dealkylation sites (N-methyl/N-ethyl adjacent to an activating group) is 1. The molecule has 0 aliphatic carbocycles. The van der Waals surface area contributed by atoms with Gasteiger partial charge >= 0.3 is 0 Å². The fourth-order valence-electron chi connectivity index (χ4n) is 1.32. The van der Waals surface area contributed by atoms with Gasteiger partial charge in [-0.25, -0.2) is 0 Å². The Morgan fingerprint density at radius 1 is 1.50 bits per heavy atom. The van der Waals surface area contributed by atoms with E-state index in [4.69, 9.17) is 5.73 Å². The second-order valence-corrected chi connectivity index (χ2v) is 5.30. The summed E-state index contributed by atoms with van der Waals surface area (Å²) in [6, 6.07) is 1.70.